The predicted octanol–water partition coefficient (Wildman–Crippen LogP) is 1.55. The Kier molecular flexibility index (Phi) is 3.07. The van der Waals surface area contributed by atoms with Crippen LogP contribution in [0, 0.1) is 17.7 Å². The summed E-state index contributed by atoms with van der Waals surface area (Å²) in [6.45, 7) is 3.53. The summed E-state index contributed by atoms with van der Waals surface area (Å²) in [5, 5.41) is 0. The van der Waals surface area contributed by atoms with E-state index in [1.165, 1.54) is 17.0 Å². The fraction of sp³-hybridized carbons (Fsp3) is 0.385. The summed E-state index contributed by atoms with van der Waals surface area (Å²) < 4.78 is 13.2. The van der Waals surface area contributed by atoms with Gasteiger partial charge in [-0.05, 0) is 23.8 Å². The number of nitrogens with zero attached hydrogens (tertiary/aromatic N) is 1. The Morgan fingerprint density at radius 3 is 2.22 bits per heavy atom. The Balaban J connectivity index is 2.24. The van der Waals surface area contributed by atoms with Crippen LogP contribution in [0.2, 0.25) is 0 Å². The quantitative estimate of drug-likeness (QED) is 0.639. The second-order valence-electron chi connectivity index (χ2n) is 4.73. The van der Waals surface area contributed by atoms with Crippen molar-refractivity contribution in [3.8, 4) is 0 Å². The smallest absolute Gasteiger partial charge is 0.233 e. The van der Waals surface area contributed by atoms with Crippen LogP contribution >= 0.6 is 0 Å². The minimum atomic E-state index is -0.467. The number of imide groups is 1. The maximum Gasteiger partial charge on any atom is 0.233 e. The molecule has 18 heavy (non-hydrogen) atoms. The van der Waals surface area contributed by atoms with E-state index < -0.39 is 5.82 Å². The van der Waals surface area contributed by atoms with Gasteiger partial charge in [-0.25, -0.2) is 4.39 Å². The van der Waals surface area contributed by atoms with Gasteiger partial charge in [-0.2, -0.15) is 0 Å². The van der Waals surface area contributed by atoms with E-state index in [1.807, 2.05) is 0 Å². The molecule has 2 amide bonds. The first-order chi connectivity index (χ1) is 8.40. The number of carbonyl (C=O) groups is 2. The van der Waals surface area contributed by atoms with Crippen molar-refractivity contribution < 1.29 is 14.0 Å². The monoisotopic (exact) mass is 250 g/mol. The maximum atomic E-state index is 13.2. The number of hydrogen-bond acceptors (Lipinski definition) is 3. The van der Waals surface area contributed by atoms with Crippen LogP contribution in [-0.2, 0) is 16.1 Å². The number of amides is 2. The third kappa shape index (κ3) is 2.08. The van der Waals surface area contributed by atoms with Crippen LogP contribution in [0.25, 0.3) is 0 Å². The Morgan fingerprint density at radius 2 is 1.72 bits per heavy atom. The molecule has 1 fully saturated rings. The minimum Gasteiger partial charge on any atom is -0.399 e. The number of halogens is 1. The van der Waals surface area contributed by atoms with Crippen LogP contribution in [-0.4, -0.2) is 16.7 Å². The summed E-state index contributed by atoms with van der Waals surface area (Å²) in [6, 6.07) is 4.05. The van der Waals surface area contributed by atoms with E-state index in [0.29, 0.717) is 5.56 Å². The van der Waals surface area contributed by atoms with Crippen LogP contribution in [0.1, 0.15) is 19.4 Å². The van der Waals surface area contributed by atoms with Gasteiger partial charge in [-0.3, -0.25) is 14.5 Å². The Bertz CT molecular complexity index is 475. The third-order valence-electron chi connectivity index (χ3n) is 3.38. The average molecular weight is 250 g/mol. The molecule has 2 N–H and O–H groups in total. The van der Waals surface area contributed by atoms with Crippen LogP contribution in [0.4, 0.5) is 10.1 Å². The number of nitrogen functional groups attached to an aromatic ring is 1. The topological polar surface area (TPSA) is 63.4 Å². The van der Waals surface area contributed by atoms with Gasteiger partial charge in [0.25, 0.3) is 0 Å². The second kappa shape index (κ2) is 4.40. The fourth-order valence-electron chi connectivity index (χ4n) is 2.13. The highest BCUT2D eigenvalue weighted by Crippen LogP contribution is 2.27. The molecule has 0 bridgehead atoms. The lowest BCUT2D eigenvalue weighted by atomic mass is 10.00. The first-order valence-corrected chi connectivity index (χ1v) is 5.80. The van der Waals surface area contributed by atoms with Gasteiger partial charge in [0, 0.05) is 17.5 Å². The number of hydrogen-bond donors (Lipinski definition) is 1. The third-order valence-corrected chi connectivity index (χ3v) is 3.38. The van der Waals surface area contributed by atoms with Crippen LogP contribution < -0.4 is 5.73 Å². The van der Waals surface area contributed by atoms with Gasteiger partial charge in [0.05, 0.1) is 6.54 Å². The van der Waals surface area contributed by atoms with Gasteiger partial charge in [-0.15, -0.1) is 0 Å². The molecule has 1 aromatic carbocycles. The Morgan fingerprint density at radius 1 is 1.17 bits per heavy atom. The molecule has 96 valence electrons. The van der Waals surface area contributed by atoms with Crippen molar-refractivity contribution in [2.24, 2.45) is 11.8 Å². The first kappa shape index (κ1) is 12.5. The maximum absolute atomic E-state index is 13.2. The zero-order valence-electron chi connectivity index (χ0n) is 10.3. The molecule has 0 spiro atoms. The molecule has 0 aliphatic carbocycles. The van der Waals surface area contributed by atoms with Crippen LogP contribution in [0.5, 0.6) is 0 Å². The van der Waals surface area contributed by atoms with Crippen molar-refractivity contribution >= 4 is 17.5 Å². The predicted molar refractivity (Wildman–Crippen MR) is 64.7 cm³/mol. The minimum absolute atomic E-state index is 0.0777. The summed E-state index contributed by atoms with van der Waals surface area (Å²) in [5.41, 5.74) is 6.34. The van der Waals surface area contributed by atoms with Gasteiger partial charge >= 0.3 is 0 Å². The van der Waals surface area contributed by atoms with Crippen molar-refractivity contribution in [3.63, 3.8) is 0 Å². The summed E-state index contributed by atoms with van der Waals surface area (Å²) in [4.78, 5) is 24.9. The van der Waals surface area contributed by atoms with E-state index in [2.05, 4.69) is 0 Å². The second-order valence-corrected chi connectivity index (χ2v) is 4.73. The molecule has 1 heterocycles. The van der Waals surface area contributed by atoms with Crippen molar-refractivity contribution in [2.75, 3.05) is 5.73 Å². The van der Waals surface area contributed by atoms with Gasteiger partial charge in [0.15, 0.2) is 0 Å². The molecule has 1 aromatic rings. The van der Waals surface area contributed by atoms with E-state index in [0.717, 1.165) is 0 Å². The number of carbonyl (C=O) groups excluding carboxylic acids is 2. The van der Waals surface area contributed by atoms with Crippen molar-refractivity contribution in [2.45, 2.75) is 20.4 Å². The van der Waals surface area contributed by atoms with E-state index in [-0.39, 0.29) is 35.9 Å². The number of benzene rings is 1. The first-order valence-electron chi connectivity index (χ1n) is 5.80. The Hall–Kier alpha value is -1.91. The number of likely N-dealkylation sites (tertiary alicyclic amines) is 1. The van der Waals surface area contributed by atoms with Crippen LogP contribution in [0.3, 0.4) is 0 Å². The van der Waals surface area contributed by atoms with Crippen molar-refractivity contribution in [3.05, 3.63) is 29.6 Å². The molecule has 5 heteroatoms. The molecule has 0 radical (unpaired) electrons. The van der Waals surface area contributed by atoms with E-state index in [9.17, 15) is 14.0 Å². The van der Waals surface area contributed by atoms with Crippen molar-refractivity contribution in [1.82, 2.24) is 4.90 Å². The summed E-state index contributed by atoms with van der Waals surface area (Å²) in [6.07, 6.45) is 0. The highest BCUT2D eigenvalue weighted by Gasteiger charge is 2.41. The summed E-state index contributed by atoms with van der Waals surface area (Å²) in [5.74, 6) is -1.53. The highest BCUT2D eigenvalue weighted by atomic mass is 19.1. The standard InChI is InChI=1S/C13H15FN2O2/c1-7-8(2)13(18)16(12(7)17)6-9-3-10(14)5-11(15)4-9/h3-5,7-8H,6,15H2,1-2H3. The molecule has 1 aliphatic heterocycles. The summed E-state index contributed by atoms with van der Waals surface area (Å²) in [7, 11) is 0. The Labute approximate surface area is 105 Å². The van der Waals surface area contributed by atoms with E-state index >= 15 is 0 Å². The van der Waals surface area contributed by atoms with Gasteiger partial charge in [0.2, 0.25) is 11.8 Å². The largest absolute Gasteiger partial charge is 0.399 e. The van der Waals surface area contributed by atoms with E-state index in [1.54, 1.807) is 19.9 Å². The lowest BCUT2D eigenvalue weighted by Crippen LogP contribution is -2.30. The van der Waals surface area contributed by atoms with Crippen molar-refractivity contribution in [1.29, 1.82) is 0 Å². The molecule has 1 aliphatic rings. The molecule has 2 rings (SSSR count). The number of nitrogens with two attached hydrogens (primary N) is 1. The van der Waals surface area contributed by atoms with Crippen LogP contribution in [0.15, 0.2) is 18.2 Å². The molecule has 0 aromatic heterocycles. The van der Waals surface area contributed by atoms with Gasteiger partial charge < -0.3 is 5.73 Å². The molecule has 2 atom stereocenters. The normalized spacial score (nSPS) is 23.8. The zero-order valence-corrected chi connectivity index (χ0v) is 10.3. The average Bonchev–Trinajstić information content (AvgIpc) is 2.46. The molecular formula is C13H15FN2O2. The van der Waals surface area contributed by atoms with E-state index in [4.69, 9.17) is 5.73 Å². The number of anilines is 1. The lowest BCUT2D eigenvalue weighted by Gasteiger charge is -2.15. The SMILES string of the molecule is CC1C(=O)N(Cc2cc(N)cc(F)c2)C(=O)C1C. The zero-order chi connectivity index (χ0) is 13.4. The van der Waals surface area contributed by atoms with Gasteiger partial charge in [0.1, 0.15) is 5.82 Å². The molecule has 2 unspecified atom stereocenters. The molecular weight excluding hydrogens is 235 g/mol. The lowest BCUT2D eigenvalue weighted by molar-refractivity contribution is -0.140. The molecule has 1 saturated heterocycles. The molecule has 0 saturated carbocycles. The summed E-state index contributed by atoms with van der Waals surface area (Å²) >= 11 is 0. The molecule has 4 nitrogen and oxygen atoms in total. The fourth-order valence-corrected chi connectivity index (χ4v) is 2.13. The van der Waals surface area contributed by atoms with Gasteiger partial charge in [-0.1, -0.05) is 13.8 Å². The number of rotatable bonds is 2. The highest BCUT2D eigenvalue weighted by molar-refractivity contribution is 6.04.